The fourth-order valence-electron chi connectivity index (χ4n) is 2.38. The van der Waals surface area contributed by atoms with E-state index in [2.05, 4.69) is 5.10 Å². The number of carbonyl (C=O) groups is 1. The van der Waals surface area contributed by atoms with Gasteiger partial charge in [0.05, 0.1) is 24.9 Å². The standard InChI is InChI=1S/C18H14Cl2N2O2/c1-24-16(23)11-15-17(12-7-9-13(19)10-8-12)21-22(18(15)20)14-5-3-2-4-6-14/h2-10H,11H2,1H3. The molecule has 0 bridgehead atoms. The highest BCUT2D eigenvalue weighted by Crippen LogP contribution is 2.32. The molecule has 0 aliphatic rings. The molecular weight excluding hydrogens is 347 g/mol. The SMILES string of the molecule is COC(=O)Cc1c(-c2ccc(Cl)cc2)nn(-c2ccccc2)c1Cl. The van der Waals surface area contributed by atoms with Crippen molar-refractivity contribution in [2.45, 2.75) is 6.42 Å². The number of rotatable bonds is 4. The van der Waals surface area contributed by atoms with Crippen LogP contribution in [0.1, 0.15) is 5.56 Å². The van der Waals surface area contributed by atoms with Gasteiger partial charge in [0.2, 0.25) is 0 Å². The van der Waals surface area contributed by atoms with Gasteiger partial charge in [0, 0.05) is 16.1 Å². The molecule has 0 atom stereocenters. The van der Waals surface area contributed by atoms with E-state index in [-0.39, 0.29) is 12.4 Å². The van der Waals surface area contributed by atoms with E-state index in [1.807, 2.05) is 42.5 Å². The monoisotopic (exact) mass is 360 g/mol. The van der Waals surface area contributed by atoms with E-state index < -0.39 is 0 Å². The Bertz CT molecular complexity index is 859. The Morgan fingerprint density at radius 3 is 2.38 bits per heavy atom. The maximum atomic E-state index is 11.8. The van der Waals surface area contributed by atoms with Crippen LogP contribution in [0.4, 0.5) is 0 Å². The topological polar surface area (TPSA) is 44.1 Å². The van der Waals surface area contributed by atoms with Crippen molar-refractivity contribution in [3.8, 4) is 16.9 Å². The van der Waals surface area contributed by atoms with Crippen LogP contribution in [0.25, 0.3) is 16.9 Å². The first-order valence-corrected chi connectivity index (χ1v) is 8.01. The van der Waals surface area contributed by atoms with Crippen LogP contribution >= 0.6 is 23.2 Å². The largest absolute Gasteiger partial charge is 0.469 e. The molecule has 0 radical (unpaired) electrons. The number of methoxy groups -OCH3 is 1. The lowest BCUT2D eigenvalue weighted by molar-refractivity contribution is -0.139. The molecule has 2 aromatic carbocycles. The molecule has 3 aromatic rings. The Morgan fingerprint density at radius 2 is 1.75 bits per heavy atom. The van der Waals surface area contributed by atoms with E-state index >= 15 is 0 Å². The van der Waals surface area contributed by atoms with Crippen molar-refractivity contribution in [2.75, 3.05) is 7.11 Å². The molecule has 0 N–H and O–H groups in total. The van der Waals surface area contributed by atoms with Crippen molar-refractivity contribution in [2.24, 2.45) is 0 Å². The van der Waals surface area contributed by atoms with E-state index in [0.29, 0.717) is 21.4 Å². The normalized spacial score (nSPS) is 10.6. The number of carbonyl (C=O) groups excluding carboxylic acids is 1. The molecule has 3 rings (SSSR count). The number of halogens is 2. The second-order valence-corrected chi connectivity index (χ2v) is 5.92. The maximum Gasteiger partial charge on any atom is 0.310 e. The minimum Gasteiger partial charge on any atom is -0.469 e. The zero-order valence-corrected chi connectivity index (χ0v) is 14.4. The van der Waals surface area contributed by atoms with Gasteiger partial charge in [-0.05, 0) is 24.3 Å². The van der Waals surface area contributed by atoms with Gasteiger partial charge in [-0.15, -0.1) is 0 Å². The minimum atomic E-state index is -0.375. The van der Waals surface area contributed by atoms with Crippen LogP contribution in [0, 0.1) is 0 Å². The van der Waals surface area contributed by atoms with E-state index in [0.717, 1.165) is 11.3 Å². The smallest absolute Gasteiger partial charge is 0.310 e. The van der Waals surface area contributed by atoms with Crippen molar-refractivity contribution < 1.29 is 9.53 Å². The van der Waals surface area contributed by atoms with Crippen LogP contribution in [0.2, 0.25) is 10.2 Å². The van der Waals surface area contributed by atoms with Crippen LogP contribution < -0.4 is 0 Å². The molecule has 1 heterocycles. The van der Waals surface area contributed by atoms with E-state index in [9.17, 15) is 4.79 Å². The molecule has 0 aliphatic carbocycles. The number of aromatic nitrogens is 2. The van der Waals surface area contributed by atoms with Crippen molar-refractivity contribution >= 4 is 29.2 Å². The predicted octanol–water partition coefficient (Wildman–Crippen LogP) is 4.56. The van der Waals surface area contributed by atoms with Gasteiger partial charge in [-0.3, -0.25) is 4.79 Å². The Kier molecular flexibility index (Phi) is 4.88. The fraction of sp³-hybridized carbons (Fsp3) is 0.111. The minimum absolute atomic E-state index is 0.0418. The number of nitrogens with zero attached hydrogens (tertiary/aromatic N) is 2. The van der Waals surface area contributed by atoms with Gasteiger partial charge in [-0.1, -0.05) is 53.5 Å². The fourth-order valence-corrected chi connectivity index (χ4v) is 2.80. The van der Waals surface area contributed by atoms with Crippen molar-refractivity contribution in [1.82, 2.24) is 9.78 Å². The molecule has 24 heavy (non-hydrogen) atoms. The summed E-state index contributed by atoms with van der Waals surface area (Å²) in [6.45, 7) is 0. The van der Waals surface area contributed by atoms with Crippen LogP contribution in [0.15, 0.2) is 54.6 Å². The van der Waals surface area contributed by atoms with Gasteiger partial charge < -0.3 is 4.74 Å². The number of hydrogen-bond acceptors (Lipinski definition) is 3. The molecule has 0 amide bonds. The Morgan fingerprint density at radius 1 is 1.08 bits per heavy atom. The lowest BCUT2D eigenvalue weighted by Crippen LogP contribution is -2.05. The van der Waals surface area contributed by atoms with Crippen molar-refractivity contribution in [1.29, 1.82) is 0 Å². The number of esters is 1. The first-order valence-electron chi connectivity index (χ1n) is 7.25. The second kappa shape index (κ2) is 7.07. The van der Waals surface area contributed by atoms with E-state index in [4.69, 9.17) is 27.9 Å². The van der Waals surface area contributed by atoms with Gasteiger partial charge >= 0.3 is 5.97 Å². The summed E-state index contributed by atoms with van der Waals surface area (Å²) >= 11 is 12.5. The molecule has 0 spiro atoms. The number of para-hydroxylation sites is 1. The average molecular weight is 361 g/mol. The molecule has 0 fully saturated rings. The quantitative estimate of drug-likeness (QED) is 0.640. The van der Waals surface area contributed by atoms with Crippen LogP contribution in [-0.4, -0.2) is 22.9 Å². The van der Waals surface area contributed by atoms with Gasteiger partial charge in [0.15, 0.2) is 0 Å². The molecule has 0 saturated heterocycles. The second-order valence-electron chi connectivity index (χ2n) is 5.13. The summed E-state index contributed by atoms with van der Waals surface area (Å²) in [6.07, 6.45) is 0.0418. The van der Waals surface area contributed by atoms with E-state index in [1.165, 1.54) is 7.11 Å². The highest BCUT2D eigenvalue weighted by atomic mass is 35.5. The lowest BCUT2D eigenvalue weighted by Gasteiger charge is -2.03. The summed E-state index contributed by atoms with van der Waals surface area (Å²) in [4.78, 5) is 11.8. The lowest BCUT2D eigenvalue weighted by atomic mass is 10.1. The molecule has 0 unspecified atom stereocenters. The molecule has 0 saturated carbocycles. The van der Waals surface area contributed by atoms with E-state index in [1.54, 1.807) is 16.8 Å². The highest BCUT2D eigenvalue weighted by Gasteiger charge is 2.21. The van der Waals surface area contributed by atoms with Crippen molar-refractivity contribution in [3.63, 3.8) is 0 Å². The van der Waals surface area contributed by atoms with Crippen molar-refractivity contribution in [3.05, 3.63) is 70.3 Å². The third kappa shape index (κ3) is 3.30. The Balaban J connectivity index is 2.15. The van der Waals surface area contributed by atoms with Gasteiger partial charge in [-0.2, -0.15) is 5.10 Å². The maximum absolute atomic E-state index is 11.8. The van der Waals surface area contributed by atoms with Crippen LogP contribution in [0.5, 0.6) is 0 Å². The average Bonchev–Trinajstić information content (AvgIpc) is 2.93. The number of ether oxygens (including phenoxy) is 1. The van der Waals surface area contributed by atoms with Crippen LogP contribution in [-0.2, 0) is 16.0 Å². The molecule has 122 valence electrons. The highest BCUT2D eigenvalue weighted by molar-refractivity contribution is 6.31. The van der Waals surface area contributed by atoms with Gasteiger partial charge in [-0.25, -0.2) is 4.68 Å². The Hall–Kier alpha value is -2.30. The third-order valence-corrected chi connectivity index (χ3v) is 4.23. The van der Waals surface area contributed by atoms with Gasteiger partial charge in [0.25, 0.3) is 0 Å². The third-order valence-electron chi connectivity index (χ3n) is 3.59. The molecular formula is C18H14Cl2N2O2. The number of hydrogen-bond donors (Lipinski definition) is 0. The molecule has 1 aromatic heterocycles. The van der Waals surface area contributed by atoms with Gasteiger partial charge in [0.1, 0.15) is 5.15 Å². The summed E-state index contributed by atoms with van der Waals surface area (Å²) in [5.41, 5.74) is 2.89. The molecule has 6 heteroatoms. The summed E-state index contributed by atoms with van der Waals surface area (Å²) in [5, 5.41) is 5.61. The summed E-state index contributed by atoms with van der Waals surface area (Å²) in [6, 6.07) is 16.7. The summed E-state index contributed by atoms with van der Waals surface area (Å²) < 4.78 is 6.39. The summed E-state index contributed by atoms with van der Waals surface area (Å²) in [5.74, 6) is -0.375. The van der Waals surface area contributed by atoms with Crippen LogP contribution in [0.3, 0.4) is 0 Å². The molecule has 4 nitrogen and oxygen atoms in total. The molecule has 0 aliphatic heterocycles. The zero-order chi connectivity index (χ0) is 17.1. The zero-order valence-electron chi connectivity index (χ0n) is 12.9. The first kappa shape index (κ1) is 16.6. The first-order chi connectivity index (χ1) is 11.6. The number of benzene rings is 2. The Labute approximate surface area is 149 Å². The predicted molar refractivity (Wildman–Crippen MR) is 94.7 cm³/mol. The summed E-state index contributed by atoms with van der Waals surface area (Å²) in [7, 11) is 1.35.